The number of benzene rings is 1. The van der Waals surface area contributed by atoms with Crippen LogP contribution in [-0.4, -0.2) is 27.5 Å². The molecule has 1 aromatic carbocycles. The Labute approximate surface area is 120 Å². The number of hydrogen-bond donors (Lipinski definition) is 1. The highest BCUT2D eigenvalue weighted by Gasteiger charge is 2.23. The third-order valence-electron chi connectivity index (χ3n) is 2.92. The highest BCUT2D eigenvalue weighted by Crippen LogP contribution is 2.23. The second-order valence-electron chi connectivity index (χ2n) is 5.64. The number of sulfonamides is 1. The smallest absolute Gasteiger partial charge is 0.323 e. The van der Waals surface area contributed by atoms with Crippen molar-refractivity contribution in [3.05, 3.63) is 29.8 Å². The Morgan fingerprint density at radius 3 is 2.10 bits per heavy atom. The fraction of sp³-hybridized carbons (Fsp3) is 0.500. The number of rotatable bonds is 4. The molecule has 0 aliphatic carbocycles. The van der Waals surface area contributed by atoms with Gasteiger partial charge < -0.3 is 4.74 Å². The number of methoxy groups -OCH3 is 1. The number of carbonyl (C=O) groups is 1. The monoisotopic (exact) mass is 299 g/mol. The molecule has 0 spiro atoms. The van der Waals surface area contributed by atoms with Gasteiger partial charge in [-0.15, -0.1) is 0 Å². The quantitative estimate of drug-likeness (QED) is 0.861. The van der Waals surface area contributed by atoms with Crippen molar-refractivity contribution in [2.45, 2.75) is 44.0 Å². The van der Waals surface area contributed by atoms with E-state index in [-0.39, 0.29) is 10.3 Å². The van der Waals surface area contributed by atoms with Crippen LogP contribution in [0.15, 0.2) is 29.2 Å². The Hall–Kier alpha value is -1.40. The summed E-state index contributed by atoms with van der Waals surface area (Å²) < 4.78 is 31.0. The Kier molecular flexibility index (Phi) is 4.94. The molecule has 1 N–H and O–H groups in total. The van der Waals surface area contributed by atoms with E-state index in [1.165, 1.54) is 26.2 Å². The lowest BCUT2D eigenvalue weighted by molar-refractivity contribution is -0.142. The van der Waals surface area contributed by atoms with Gasteiger partial charge in [0.2, 0.25) is 10.0 Å². The van der Waals surface area contributed by atoms with Crippen LogP contribution >= 0.6 is 0 Å². The standard InChI is InChI=1S/C14H21NO4S/c1-10(13(16)19-5)15-20(17,18)12-8-6-11(7-9-12)14(2,3)4/h6-10,15H,1-5H3. The number of hydrogen-bond acceptors (Lipinski definition) is 4. The minimum atomic E-state index is -3.73. The van der Waals surface area contributed by atoms with Crippen LogP contribution in [-0.2, 0) is 25.0 Å². The van der Waals surface area contributed by atoms with Gasteiger partial charge in [-0.25, -0.2) is 8.42 Å². The van der Waals surface area contributed by atoms with Crippen molar-refractivity contribution < 1.29 is 17.9 Å². The van der Waals surface area contributed by atoms with Gasteiger partial charge in [0.05, 0.1) is 12.0 Å². The zero-order chi connectivity index (χ0) is 15.6. The van der Waals surface area contributed by atoms with Gasteiger partial charge in [0.25, 0.3) is 0 Å². The van der Waals surface area contributed by atoms with Crippen molar-refractivity contribution in [2.75, 3.05) is 7.11 Å². The molecule has 0 saturated carbocycles. The summed E-state index contributed by atoms with van der Waals surface area (Å²) in [6, 6.07) is 5.70. The topological polar surface area (TPSA) is 72.5 Å². The van der Waals surface area contributed by atoms with Gasteiger partial charge in [0.1, 0.15) is 6.04 Å². The molecule has 1 aromatic rings. The van der Waals surface area contributed by atoms with Crippen molar-refractivity contribution in [3.8, 4) is 0 Å². The van der Waals surface area contributed by atoms with E-state index in [2.05, 4.69) is 9.46 Å². The Balaban J connectivity index is 2.97. The number of esters is 1. The summed E-state index contributed by atoms with van der Waals surface area (Å²) in [7, 11) is -2.51. The van der Waals surface area contributed by atoms with Crippen molar-refractivity contribution in [1.82, 2.24) is 4.72 Å². The molecule has 0 saturated heterocycles. The third-order valence-corrected chi connectivity index (χ3v) is 4.47. The van der Waals surface area contributed by atoms with E-state index in [4.69, 9.17) is 0 Å². The number of carbonyl (C=O) groups excluding carboxylic acids is 1. The van der Waals surface area contributed by atoms with Crippen LogP contribution in [0.25, 0.3) is 0 Å². The molecule has 1 rings (SSSR count). The van der Waals surface area contributed by atoms with Crippen molar-refractivity contribution in [1.29, 1.82) is 0 Å². The molecule has 0 heterocycles. The SMILES string of the molecule is COC(=O)C(C)NS(=O)(=O)c1ccc(C(C)(C)C)cc1. The normalized spacial score (nSPS) is 13.8. The largest absolute Gasteiger partial charge is 0.468 e. The van der Waals surface area contributed by atoms with Crippen molar-refractivity contribution in [2.24, 2.45) is 0 Å². The van der Waals surface area contributed by atoms with Crippen LogP contribution < -0.4 is 4.72 Å². The van der Waals surface area contributed by atoms with Gasteiger partial charge in [-0.2, -0.15) is 4.72 Å². The first kappa shape index (κ1) is 16.7. The van der Waals surface area contributed by atoms with E-state index in [1.54, 1.807) is 12.1 Å². The average Bonchev–Trinajstić information content (AvgIpc) is 2.36. The molecule has 0 aromatic heterocycles. The van der Waals surface area contributed by atoms with Crippen LogP contribution in [0.3, 0.4) is 0 Å². The maximum atomic E-state index is 12.1. The van der Waals surface area contributed by atoms with E-state index in [0.717, 1.165) is 5.56 Å². The zero-order valence-electron chi connectivity index (χ0n) is 12.4. The maximum Gasteiger partial charge on any atom is 0.323 e. The highest BCUT2D eigenvalue weighted by atomic mass is 32.2. The lowest BCUT2D eigenvalue weighted by Crippen LogP contribution is -2.39. The van der Waals surface area contributed by atoms with Gasteiger partial charge in [-0.1, -0.05) is 32.9 Å². The molecule has 1 atom stereocenters. The Bertz CT molecular complexity index is 570. The molecule has 1 unspecified atom stereocenters. The second kappa shape index (κ2) is 5.93. The Morgan fingerprint density at radius 1 is 1.20 bits per heavy atom. The second-order valence-corrected chi connectivity index (χ2v) is 7.35. The van der Waals surface area contributed by atoms with E-state index >= 15 is 0 Å². The number of ether oxygens (including phenoxy) is 1. The molecule has 5 nitrogen and oxygen atoms in total. The predicted molar refractivity (Wildman–Crippen MR) is 76.9 cm³/mol. The summed E-state index contributed by atoms with van der Waals surface area (Å²) in [6.07, 6.45) is 0. The molecule has 6 heteroatoms. The highest BCUT2D eigenvalue weighted by molar-refractivity contribution is 7.89. The van der Waals surface area contributed by atoms with Crippen molar-refractivity contribution >= 4 is 16.0 Å². The molecule has 0 bridgehead atoms. The minimum Gasteiger partial charge on any atom is -0.468 e. The van der Waals surface area contributed by atoms with Gasteiger partial charge in [-0.3, -0.25) is 4.79 Å². The maximum absolute atomic E-state index is 12.1. The summed E-state index contributed by atoms with van der Waals surface area (Å²) in [6.45, 7) is 7.59. The molecular weight excluding hydrogens is 278 g/mol. The third kappa shape index (κ3) is 4.05. The molecule has 112 valence electrons. The lowest BCUT2D eigenvalue weighted by atomic mass is 9.87. The summed E-state index contributed by atoms with van der Waals surface area (Å²) in [4.78, 5) is 11.4. The summed E-state index contributed by atoms with van der Waals surface area (Å²) >= 11 is 0. The molecule has 0 aliphatic heterocycles. The fourth-order valence-corrected chi connectivity index (χ4v) is 2.85. The molecule has 0 aliphatic rings. The minimum absolute atomic E-state index is 0.0466. The van der Waals surface area contributed by atoms with Crippen LogP contribution in [0.1, 0.15) is 33.3 Å². The summed E-state index contributed by atoms with van der Waals surface area (Å²) in [5, 5.41) is 0. The lowest BCUT2D eigenvalue weighted by Gasteiger charge is -2.19. The first-order valence-electron chi connectivity index (χ1n) is 6.28. The first-order chi connectivity index (χ1) is 9.08. The van der Waals surface area contributed by atoms with Crippen LogP contribution in [0.2, 0.25) is 0 Å². The predicted octanol–water partition coefficient (Wildman–Crippen LogP) is 1.82. The number of nitrogens with one attached hydrogen (secondary N) is 1. The van der Waals surface area contributed by atoms with Crippen LogP contribution in [0.4, 0.5) is 0 Å². The summed E-state index contributed by atoms with van der Waals surface area (Å²) in [5.74, 6) is -0.625. The van der Waals surface area contributed by atoms with Crippen molar-refractivity contribution in [3.63, 3.8) is 0 Å². The van der Waals surface area contributed by atoms with Gasteiger partial charge in [-0.05, 0) is 30.0 Å². The fourth-order valence-electron chi connectivity index (χ4n) is 1.66. The van der Waals surface area contributed by atoms with E-state index in [0.29, 0.717) is 0 Å². The molecular formula is C14H21NO4S. The van der Waals surface area contributed by atoms with Crippen LogP contribution in [0.5, 0.6) is 0 Å². The Morgan fingerprint density at radius 2 is 1.70 bits per heavy atom. The van der Waals surface area contributed by atoms with E-state index < -0.39 is 22.0 Å². The average molecular weight is 299 g/mol. The first-order valence-corrected chi connectivity index (χ1v) is 7.77. The van der Waals surface area contributed by atoms with E-state index in [1.807, 2.05) is 20.8 Å². The molecule has 0 fully saturated rings. The van der Waals surface area contributed by atoms with Crippen LogP contribution in [0, 0.1) is 0 Å². The van der Waals surface area contributed by atoms with Gasteiger partial charge in [0, 0.05) is 0 Å². The van der Waals surface area contributed by atoms with Gasteiger partial charge >= 0.3 is 5.97 Å². The van der Waals surface area contributed by atoms with E-state index in [9.17, 15) is 13.2 Å². The van der Waals surface area contributed by atoms with Gasteiger partial charge in [0.15, 0.2) is 0 Å². The summed E-state index contributed by atoms with van der Waals surface area (Å²) in [5.41, 5.74) is 0.993. The molecule has 0 amide bonds. The zero-order valence-corrected chi connectivity index (χ0v) is 13.2. The molecule has 0 radical (unpaired) electrons. The molecule has 20 heavy (non-hydrogen) atoms.